The van der Waals surface area contributed by atoms with Crippen molar-refractivity contribution in [1.29, 1.82) is 0 Å². The molecule has 0 aliphatic rings. The first-order valence-electron chi connectivity index (χ1n) is 6.72. The van der Waals surface area contributed by atoms with Crippen LogP contribution >= 0.6 is 11.6 Å². The third-order valence-corrected chi connectivity index (χ3v) is 3.58. The third kappa shape index (κ3) is 2.89. The molecule has 0 unspecified atom stereocenters. The highest BCUT2D eigenvalue weighted by Crippen LogP contribution is 2.24. The van der Waals surface area contributed by atoms with Crippen molar-refractivity contribution >= 4 is 28.7 Å². The van der Waals surface area contributed by atoms with E-state index in [1.165, 1.54) is 13.3 Å². The molecule has 3 aromatic rings. The van der Waals surface area contributed by atoms with Crippen LogP contribution in [0.2, 0.25) is 5.02 Å². The standard InChI is InChI=1S/C16H12ClN3O3/c1-23-14-7-6-10(8-12(14)17)9-18-20-15(21)11-4-2-3-5-13(11)19-16(20)22/h2-9H,1H3,(H,19,22). The Bertz CT molecular complexity index is 1020. The zero-order valence-electron chi connectivity index (χ0n) is 12.1. The number of nitrogens with zero attached hydrogens (tertiary/aromatic N) is 2. The van der Waals surface area contributed by atoms with E-state index in [1.807, 2.05) is 0 Å². The molecule has 0 saturated carbocycles. The van der Waals surface area contributed by atoms with Gasteiger partial charge in [-0.25, -0.2) is 4.79 Å². The van der Waals surface area contributed by atoms with Crippen LogP contribution in [-0.4, -0.2) is 23.0 Å². The molecular formula is C16H12ClN3O3. The normalized spacial score (nSPS) is 11.2. The summed E-state index contributed by atoms with van der Waals surface area (Å²) in [5.74, 6) is 0.532. The van der Waals surface area contributed by atoms with Gasteiger partial charge in [-0.1, -0.05) is 23.7 Å². The number of benzene rings is 2. The van der Waals surface area contributed by atoms with Crippen LogP contribution in [0.25, 0.3) is 10.9 Å². The second-order valence-corrected chi connectivity index (χ2v) is 5.14. The van der Waals surface area contributed by atoms with Gasteiger partial charge in [0, 0.05) is 0 Å². The summed E-state index contributed by atoms with van der Waals surface area (Å²) in [5.41, 5.74) is 0.0152. The number of aromatic amines is 1. The van der Waals surface area contributed by atoms with Gasteiger partial charge in [0.2, 0.25) is 0 Å². The largest absolute Gasteiger partial charge is 0.495 e. The van der Waals surface area contributed by atoms with Crippen molar-refractivity contribution in [1.82, 2.24) is 9.66 Å². The van der Waals surface area contributed by atoms with E-state index in [0.29, 0.717) is 27.2 Å². The van der Waals surface area contributed by atoms with E-state index in [9.17, 15) is 9.59 Å². The number of ether oxygens (including phenoxy) is 1. The molecule has 23 heavy (non-hydrogen) atoms. The Balaban J connectivity index is 2.06. The molecule has 0 aliphatic heterocycles. The molecule has 0 bridgehead atoms. The number of para-hydroxylation sites is 1. The highest BCUT2D eigenvalue weighted by molar-refractivity contribution is 6.32. The van der Waals surface area contributed by atoms with Crippen molar-refractivity contribution in [3.05, 3.63) is 73.9 Å². The van der Waals surface area contributed by atoms with E-state index in [1.54, 1.807) is 42.5 Å². The molecule has 7 heteroatoms. The highest BCUT2D eigenvalue weighted by Gasteiger charge is 2.06. The Kier molecular flexibility index (Phi) is 3.99. The first-order valence-corrected chi connectivity index (χ1v) is 7.10. The number of H-pyrrole nitrogens is 1. The Morgan fingerprint density at radius 3 is 2.74 bits per heavy atom. The average molecular weight is 330 g/mol. The third-order valence-electron chi connectivity index (χ3n) is 3.28. The molecule has 0 fully saturated rings. The van der Waals surface area contributed by atoms with Crippen molar-refractivity contribution in [3.8, 4) is 5.75 Å². The van der Waals surface area contributed by atoms with Crippen molar-refractivity contribution in [3.63, 3.8) is 0 Å². The van der Waals surface area contributed by atoms with Crippen molar-refractivity contribution in [2.24, 2.45) is 5.10 Å². The van der Waals surface area contributed by atoms with Gasteiger partial charge in [-0.3, -0.25) is 4.79 Å². The molecule has 1 heterocycles. The number of hydrogen-bond donors (Lipinski definition) is 1. The summed E-state index contributed by atoms with van der Waals surface area (Å²) in [4.78, 5) is 26.9. The van der Waals surface area contributed by atoms with Gasteiger partial charge in [0.1, 0.15) is 5.75 Å². The van der Waals surface area contributed by atoms with Crippen LogP contribution in [0.5, 0.6) is 5.75 Å². The topological polar surface area (TPSA) is 76.5 Å². The van der Waals surface area contributed by atoms with Crippen LogP contribution in [0.4, 0.5) is 0 Å². The van der Waals surface area contributed by atoms with Crippen LogP contribution < -0.4 is 16.0 Å². The Morgan fingerprint density at radius 2 is 2.00 bits per heavy atom. The molecule has 0 saturated heterocycles. The van der Waals surface area contributed by atoms with Gasteiger partial charge in [-0.05, 0) is 35.9 Å². The summed E-state index contributed by atoms with van der Waals surface area (Å²) in [6.45, 7) is 0. The Hall–Kier alpha value is -2.86. The minimum absolute atomic E-state index is 0.386. The Morgan fingerprint density at radius 1 is 1.22 bits per heavy atom. The highest BCUT2D eigenvalue weighted by atomic mass is 35.5. The van der Waals surface area contributed by atoms with Crippen LogP contribution in [-0.2, 0) is 0 Å². The first-order chi connectivity index (χ1) is 11.1. The predicted octanol–water partition coefficient (Wildman–Crippen LogP) is 2.23. The predicted molar refractivity (Wildman–Crippen MR) is 89.8 cm³/mol. The molecule has 3 rings (SSSR count). The fourth-order valence-corrected chi connectivity index (χ4v) is 2.41. The van der Waals surface area contributed by atoms with Gasteiger partial charge in [0.05, 0.1) is 29.2 Å². The number of aromatic nitrogens is 2. The number of nitrogens with one attached hydrogen (secondary N) is 1. The van der Waals surface area contributed by atoms with Gasteiger partial charge in [-0.15, -0.1) is 4.68 Å². The summed E-state index contributed by atoms with van der Waals surface area (Å²) in [6, 6.07) is 11.8. The molecule has 0 atom stereocenters. The number of halogens is 1. The van der Waals surface area contributed by atoms with Gasteiger partial charge >= 0.3 is 5.69 Å². The maximum absolute atomic E-state index is 12.3. The minimum atomic E-state index is -0.607. The van der Waals surface area contributed by atoms with Gasteiger partial charge < -0.3 is 9.72 Å². The number of fused-ring (bicyclic) bond motifs is 1. The van der Waals surface area contributed by atoms with E-state index < -0.39 is 11.2 Å². The zero-order valence-corrected chi connectivity index (χ0v) is 12.9. The molecule has 2 aromatic carbocycles. The monoisotopic (exact) mass is 329 g/mol. The van der Waals surface area contributed by atoms with Gasteiger partial charge in [0.15, 0.2) is 0 Å². The number of methoxy groups -OCH3 is 1. The fraction of sp³-hybridized carbons (Fsp3) is 0.0625. The van der Waals surface area contributed by atoms with Gasteiger partial charge in [0.25, 0.3) is 5.56 Å². The molecule has 116 valence electrons. The fourth-order valence-electron chi connectivity index (χ4n) is 2.15. The number of hydrogen-bond acceptors (Lipinski definition) is 4. The van der Waals surface area contributed by atoms with E-state index in [4.69, 9.17) is 16.3 Å². The summed E-state index contributed by atoms with van der Waals surface area (Å²) in [5, 5.41) is 4.76. The van der Waals surface area contributed by atoms with E-state index >= 15 is 0 Å². The summed E-state index contributed by atoms with van der Waals surface area (Å²) < 4.78 is 5.84. The molecule has 6 nitrogen and oxygen atoms in total. The number of rotatable bonds is 3. The minimum Gasteiger partial charge on any atom is -0.495 e. The van der Waals surface area contributed by atoms with E-state index in [0.717, 1.165) is 4.68 Å². The van der Waals surface area contributed by atoms with E-state index in [2.05, 4.69) is 10.1 Å². The lowest BCUT2D eigenvalue weighted by atomic mass is 10.2. The van der Waals surface area contributed by atoms with Gasteiger partial charge in [-0.2, -0.15) is 5.10 Å². The average Bonchev–Trinajstić information content (AvgIpc) is 2.55. The van der Waals surface area contributed by atoms with Crippen LogP contribution in [0.3, 0.4) is 0 Å². The summed E-state index contributed by atoms with van der Waals surface area (Å²) in [6.07, 6.45) is 1.39. The first kappa shape index (κ1) is 15.1. The maximum Gasteiger partial charge on any atom is 0.349 e. The zero-order chi connectivity index (χ0) is 16.4. The van der Waals surface area contributed by atoms with Crippen molar-refractivity contribution in [2.75, 3.05) is 7.11 Å². The lowest BCUT2D eigenvalue weighted by molar-refractivity contribution is 0.415. The van der Waals surface area contributed by atoms with Crippen molar-refractivity contribution < 1.29 is 4.74 Å². The Labute approximate surface area is 135 Å². The molecule has 0 spiro atoms. The lowest BCUT2D eigenvalue weighted by Crippen LogP contribution is -2.32. The molecular weight excluding hydrogens is 318 g/mol. The summed E-state index contributed by atoms with van der Waals surface area (Å²) in [7, 11) is 1.52. The van der Waals surface area contributed by atoms with Crippen LogP contribution in [0.1, 0.15) is 5.56 Å². The SMILES string of the molecule is COc1ccc(C=Nn2c(=O)[nH]c3ccccc3c2=O)cc1Cl. The smallest absolute Gasteiger partial charge is 0.349 e. The van der Waals surface area contributed by atoms with Crippen LogP contribution in [0, 0.1) is 0 Å². The molecule has 0 amide bonds. The maximum atomic E-state index is 12.3. The second-order valence-electron chi connectivity index (χ2n) is 4.73. The lowest BCUT2D eigenvalue weighted by Gasteiger charge is -2.03. The molecule has 0 radical (unpaired) electrons. The molecule has 0 aliphatic carbocycles. The van der Waals surface area contributed by atoms with E-state index in [-0.39, 0.29) is 0 Å². The summed E-state index contributed by atoms with van der Waals surface area (Å²) >= 11 is 6.03. The second kappa shape index (κ2) is 6.10. The molecule has 1 aromatic heterocycles. The van der Waals surface area contributed by atoms with Crippen LogP contribution in [0.15, 0.2) is 57.2 Å². The van der Waals surface area contributed by atoms with Crippen molar-refractivity contribution in [2.45, 2.75) is 0 Å². The molecule has 1 N–H and O–H groups in total. The quantitative estimate of drug-likeness (QED) is 0.749.